The van der Waals surface area contributed by atoms with Gasteiger partial charge in [0, 0.05) is 25.3 Å². The molecule has 2 N–H and O–H groups in total. The van der Waals surface area contributed by atoms with E-state index in [-0.39, 0.29) is 22.8 Å². The molecule has 6 nitrogen and oxygen atoms in total. The van der Waals surface area contributed by atoms with Gasteiger partial charge >= 0.3 is 5.97 Å². The number of ether oxygens (including phenoxy) is 2. The van der Waals surface area contributed by atoms with Crippen molar-refractivity contribution in [3.8, 4) is 5.75 Å². The van der Waals surface area contributed by atoms with Crippen molar-refractivity contribution in [3.05, 3.63) is 29.3 Å². The lowest BCUT2D eigenvalue weighted by Gasteiger charge is -2.21. The molecule has 0 spiro atoms. The first-order chi connectivity index (χ1) is 10.6. The lowest BCUT2D eigenvalue weighted by molar-refractivity contribution is 0.0514. The average Bonchev–Trinajstić information content (AvgIpc) is 2.54. The molecule has 0 saturated carbocycles. The minimum atomic E-state index is -0.593. The van der Waals surface area contributed by atoms with E-state index in [9.17, 15) is 14.7 Å². The van der Waals surface area contributed by atoms with E-state index in [0.29, 0.717) is 12.5 Å². The van der Waals surface area contributed by atoms with Crippen LogP contribution in [0, 0.1) is 5.92 Å². The van der Waals surface area contributed by atoms with E-state index in [4.69, 9.17) is 4.74 Å². The van der Waals surface area contributed by atoms with Crippen LogP contribution in [0.3, 0.4) is 0 Å². The molecule has 1 aromatic carbocycles. The SMILES string of the molecule is COC(=O)c1cc(O)cc(C(=O)NCCC2CCCOC2)c1. The summed E-state index contributed by atoms with van der Waals surface area (Å²) in [6, 6.07) is 4.00. The van der Waals surface area contributed by atoms with Gasteiger partial charge in [-0.25, -0.2) is 4.79 Å². The summed E-state index contributed by atoms with van der Waals surface area (Å²) in [5, 5.41) is 12.4. The van der Waals surface area contributed by atoms with Crippen molar-refractivity contribution in [1.82, 2.24) is 5.32 Å². The molecule has 0 aliphatic carbocycles. The summed E-state index contributed by atoms with van der Waals surface area (Å²) in [5.41, 5.74) is 0.383. The predicted octanol–water partition coefficient (Wildman–Crippen LogP) is 1.73. The summed E-state index contributed by atoms with van der Waals surface area (Å²) in [7, 11) is 1.25. The number of methoxy groups -OCH3 is 1. The van der Waals surface area contributed by atoms with Crippen LogP contribution in [-0.4, -0.2) is 43.9 Å². The summed E-state index contributed by atoms with van der Waals surface area (Å²) >= 11 is 0. The van der Waals surface area contributed by atoms with E-state index < -0.39 is 5.97 Å². The Kier molecular flexibility index (Phi) is 5.77. The lowest BCUT2D eigenvalue weighted by atomic mass is 9.99. The Bertz CT molecular complexity index is 537. The van der Waals surface area contributed by atoms with Gasteiger partial charge in [-0.3, -0.25) is 4.79 Å². The number of rotatable bonds is 5. The molecule has 0 aromatic heterocycles. The average molecular weight is 307 g/mol. The van der Waals surface area contributed by atoms with Crippen LogP contribution < -0.4 is 5.32 Å². The normalized spacial score (nSPS) is 17.8. The maximum atomic E-state index is 12.1. The first-order valence-corrected chi connectivity index (χ1v) is 7.38. The van der Waals surface area contributed by atoms with E-state index in [1.807, 2.05) is 0 Å². The number of aromatic hydroxyl groups is 1. The van der Waals surface area contributed by atoms with E-state index >= 15 is 0 Å². The number of phenols is 1. The van der Waals surface area contributed by atoms with Gasteiger partial charge in [-0.15, -0.1) is 0 Å². The summed E-state index contributed by atoms with van der Waals surface area (Å²) in [6.07, 6.45) is 3.04. The minimum absolute atomic E-state index is 0.145. The molecule has 1 saturated heterocycles. The van der Waals surface area contributed by atoms with Gasteiger partial charge in [-0.1, -0.05) is 0 Å². The van der Waals surface area contributed by atoms with Crippen LogP contribution in [0.1, 0.15) is 40.0 Å². The van der Waals surface area contributed by atoms with E-state index in [1.165, 1.54) is 25.3 Å². The second kappa shape index (κ2) is 7.79. The molecular formula is C16H21NO5. The Morgan fingerprint density at radius 1 is 1.36 bits per heavy atom. The number of amides is 1. The van der Waals surface area contributed by atoms with Crippen LogP contribution in [0.5, 0.6) is 5.75 Å². The summed E-state index contributed by atoms with van der Waals surface area (Å²) in [6.45, 7) is 2.10. The third-order valence-electron chi connectivity index (χ3n) is 3.69. The fourth-order valence-electron chi connectivity index (χ4n) is 2.50. The van der Waals surface area contributed by atoms with Crippen LogP contribution in [0.2, 0.25) is 0 Å². The highest BCUT2D eigenvalue weighted by Gasteiger charge is 2.16. The highest BCUT2D eigenvalue weighted by molar-refractivity contribution is 5.98. The number of hydrogen-bond donors (Lipinski definition) is 2. The number of carbonyl (C=O) groups is 2. The number of esters is 1. The van der Waals surface area contributed by atoms with E-state index in [0.717, 1.165) is 32.5 Å². The highest BCUT2D eigenvalue weighted by atomic mass is 16.5. The number of phenolic OH excluding ortho intramolecular Hbond substituents is 1. The topological polar surface area (TPSA) is 84.9 Å². The van der Waals surface area contributed by atoms with Gasteiger partial charge in [-0.2, -0.15) is 0 Å². The Morgan fingerprint density at radius 3 is 2.82 bits per heavy atom. The summed E-state index contributed by atoms with van der Waals surface area (Å²) in [5.74, 6) is -0.584. The van der Waals surface area contributed by atoms with Crippen molar-refractivity contribution in [2.45, 2.75) is 19.3 Å². The molecule has 0 radical (unpaired) electrons. The van der Waals surface area contributed by atoms with Gasteiger partial charge in [0.1, 0.15) is 5.75 Å². The van der Waals surface area contributed by atoms with E-state index in [2.05, 4.69) is 10.1 Å². The van der Waals surface area contributed by atoms with Crippen LogP contribution >= 0.6 is 0 Å². The van der Waals surface area contributed by atoms with Crippen molar-refractivity contribution in [2.75, 3.05) is 26.9 Å². The monoisotopic (exact) mass is 307 g/mol. The van der Waals surface area contributed by atoms with Crippen LogP contribution in [0.4, 0.5) is 0 Å². The smallest absolute Gasteiger partial charge is 0.338 e. The standard InChI is InChI=1S/C16H21NO5/c1-21-16(20)13-7-12(8-14(18)9-13)15(19)17-5-4-11-3-2-6-22-10-11/h7-9,11,18H,2-6,10H2,1H3,(H,17,19). The Hall–Kier alpha value is -2.08. The highest BCUT2D eigenvalue weighted by Crippen LogP contribution is 2.18. The van der Waals surface area contributed by atoms with Crippen molar-refractivity contribution in [2.24, 2.45) is 5.92 Å². The summed E-state index contributed by atoms with van der Waals surface area (Å²) in [4.78, 5) is 23.6. The molecule has 120 valence electrons. The maximum absolute atomic E-state index is 12.1. The molecule has 1 heterocycles. The van der Waals surface area contributed by atoms with Crippen molar-refractivity contribution in [3.63, 3.8) is 0 Å². The fraction of sp³-hybridized carbons (Fsp3) is 0.500. The Morgan fingerprint density at radius 2 is 2.14 bits per heavy atom. The molecule has 1 amide bonds. The summed E-state index contributed by atoms with van der Waals surface area (Å²) < 4.78 is 9.99. The van der Waals surface area contributed by atoms with Gasteiger partial charge in [0.15, 0.2) is 0 Å². The van der Waals surface area contributed by atoms with E-state index in [1.54, 1.807) is 0 Å². The maximum Gasteiger partial charge on any atom is 0.338 e. The quantitative estimate of drug-likeness (QED) is 0.809. The van der Waals surface area contributed by atoms with Crippen LogP contribution in [-0.2, 0) is 9.47 Å². The van der Waals surface area contributed by atoms with Gasteiger partial charge in [0.25, 0.3) is 5.91 Å². The zero-order valence-electron chi connectivity index (χ0n) is 12.6. The van der Waals surface area contributed by atoms with Crippen molar-refractivity contribution < 1.29 is 24.2 Å². The predicted molar refractivity (Wildman–Crippen MR) is 79.9 cm³/mol. The Balaban J connectivity index is 1.91. The van der Waals surface area contributed by atoms with Crippen molar-refractivity contribution >= 4 is 11.9 Å². The molecule has 1 fully saturated rings. The minimum Gasteiger partial charge on any atom is -0.508 e. The van der Waals surface area contributed by atoms with Gasteiger partial charge in [0.05, 0.1) is 12.7 Å². The largest absolute Gasteiger partial charge is 0.508 e. The van der Waals surface area contributed by atoms with Crippen LogP contribution in [0.15, 0.2) is 18.2 Å². The molecule has 6 heteroatoms. The number of benzene rings is 1. The molecule has 1 aromatic rings. The second-order valence-corrected chi connectivity index (χ2v) is 5.39. The molecule has 1 unspecified atom stereocenters. The molecule has 1 aliphatic heterocycles. The molecular weight excluding hydrogens is 286 g/mol. The van der Waals surface area contributed by atoms with Crippen LogP contribution in [0.25, 0.3) is 0 Å². The third-order valence-corrected chi connectivity index (χ3v) is 3.69. The first-order valence-electron chi connectivity index (χ1n) is 7.38. The Labute approximate surface area is 129 Å². The molecule has 1 aliphatic rings. The van der Waals surface area contributed by atoms with Gasteiger partial charge < -0.3 is 19.9 Å². The fourth-order valence-corrected chi connectivity index (χ4v) is 2.50. The molecule has 2 rings (SSSR count). The molecule has 22 heavy (non-hydrogen) atoms. The zero-order valence-corrected chi connectivity index (χ0v) is 12.6. The molecule has 0 bridgehead atoms. The zero-order chi connectivity index (χ0) is 15.9. The van der Waals surface area contributed by atoms with Gasteiger partial charge in [0.2, 0.25) is 0 Å². The van der Waals surface area contributed by atoms with Crippen molar-refractivity contribution in [1.29, 1.82) is 0 Å². The first kappa shape index (κ1) is 16.3. The second-order valence-electron chi connectivity index (χ2n) is 5.39. The van der Waals surface area contributed by atoms with Gasteiger partial charge in [-0.05, 0) is 43.4 Å². The third kappa shape index (κ3) is 4.46. The number of carbonyl (C=O) groups excluding carboxylic acids is 2. The number of hydrogen-bond acceptors (Lipinski definition) is 5. The lowest BCUT2D eigenvalue weighted by Crippen LogP contribution is -2.28. The number of nitrogens with one attached hydrogen (secondary N) is 1. The molecule has 1 atom stereocenters.